The number of hydrogen-bond acceptors (Lipinski definition) is 4. The van der Waals surface area contributed by atoms with Gasteiger partial charge < -0.3 is 9.64 Å². The Kier molecular flexibility index (Phi) is 6.91. The molecule has 2 aromatic rings. The molecule has 2 aromatic carbocycles. The summed E-state index contributed by atoms with van der Waals surface area (Å²) in [5.74, 6) is 0.322. The smallest absolute Gasteiger partial charge is 0.417 e. The van der Waals surface area contributed by atoms with Crippen LogP contribution in [0.15, 0.2) is 53.4 Å². The molecule has 10 heteroatoms. The van der Waals surface area contributed by atoms with Crippen molar-refractivity contribution in [3.8, 4) is 5.75 Å². The van der Waals surface area contributed by atoms with E-state index in [1.807, 2.05) is 29.2 Å². The molecule has 0 spiro atoms. The number of benzene rings is 2. The second-order valence-corrected chi connectivity index (χ2v) is 10.5. The lowest BCUT2D eigenvalue weighted by Gasteiger charge is -2.34. The number of amides is 1. The van der Waals surface area contributed by atoms with Crippen LogP contribution in [0.2, 0.25) is 0 Å². The van der Waals surface area contributed by atoms with Crippen LogP contribution in [-0.2, 0) is 21.0 Å². The molecule has 184 valence electrons. The molecule has 4 rings (SSSR count). The van der Waals surface area contributed by atoms with Crippen molar-refractivity contribution in [1.82, 2.24) is 9.21 Å². The predicted octanol–water partition coefficient (Wildman–Crippen LogP) is 4.48. The van der Waals surface area contributed by atoms with Crippen molar-refractivity contribution in [1.29, 1.82) is 0 Å². The summed E-state index contributed by atoms with van der Waals surface area (Å²) in [6.07, 6.45) is -2.53. The molecule has 2 heterocycles. The first-order valence-electron chi connectivity index (χ1n) is 11.2. The van der Waals surface area contributed by atoms with Gasteiger partial charge >= 0.3 is 6.18 Å². The Balaban J connectivity index is 1.46. The fourth-order valence-corrected chi connectivity index (χ4v) is 6.55. The van der Waals surface area contributed by atoms with E-state index in [1.54, 1.807) is 7.11 Å². The van der Waals surface area contributed by atoms with E-state index in [0.717, 1.165) is 40.6 Å². The Bertz CT molecular complexity index is 1140. The Morgan fingerprint density at radius 3 is 2.38 bits per heavy atom. The summed E-state index contributed by atoms with van der Waals surface area (Å²) < 4.78 is 72.5. The zero-order valence-corrected chi connectivity index (χ0v) is 19.6. The molecule has 0 N–H and O–H groups in total. The Morgan fingerprint density at radius 2 is 1.71 bits per heavy atom. The Morgan fingerprint density at radius 1 is 1.00 bits per heavy atom. The van der Waals surface area contributed by atoms with E-state index >= 15 is 0 Å². The summed E-state index contributed by atoms with van der Waals surface area (Å²) in [6.45, 7) is 0.628. The first-order valence-corrected chi connectivity index (χ1v) is 12.7. The van der Waals surface area contributed by atoms with Gasteiger partial charge in [0.2, 0.25) is 15.9 Å². The van der Waals surface area contributed by atoms with Gasteiger partial charge in [0.1, 0.15) is 5.75 Å². The second kappa shape index (κ2) is 9.58. The van der Waals surface area contributed by atoms with Crippen molar-refractivity contribution >= 4 is 15.9 Å². The number of ether oxygens (including phenoxy) is 1. The van der Waals surface area contributed by atoms with E-state index in [2.05, 4.69) is 0 Å². The zero-order chi connectivity index (χ0) is 24.5. The maximum absolute atomic E-state index is 13.4. The minimum atomic E-state index is -4.77. The fourth-order valence-electron chi connectivity index (χ4n) is 4.87. The normalized spacial score (nSPS) is 20.5. The minimum Gasteiger partial charge on any atom is -0.497 e. The molecule has 2 fully saturated rings. The maximum atomic E-state index is 13.4. The standard InChI is InChI=1S/C24H27F3N2O4S/c1-33-19-7-4-6-18(16-19)21-9-5-13-29(21)23(30)17-11-14-28(15-12-17)34(31,32)22-10-3-2-8-20(22)24(25,26)27/h2-4,6-8,10,16-17,21H,5,9,11-15H2,1H3/t21-/m0/s1. The molecular weight excluding hydrogens is 469 g/mol. The summed E-state index contributed by atoms with van der Waals surface area (Å²) in [7, 11) is -2.74. The van der Waals surface area contributed by atoms with Crippen LogP contribution in [0.1, 0.15) is 42.9 Å². The van der Waals surface area contributed by atoms with Crippen LogP contribution in [0, 0.1) is 5.92 Å². The van der Waals surface area contributed by atoms with Crippen LogP contribution in [-0.4, -0.2) is 50.3 Å². The van der Waals surface area contributed by atoms with Crippen LogP contribution in [0.4, 0.5) is 13.2 Å². The third-order valence-corrected chi connectivity index (χ3v) is 8.58. The number of hydrogen-bond donors (Lipinski definition) is 0. The highest BCUT2D eigenvalue weighted by atomic mass is 32.2. The number of carbonyl (C=O) groups excluding carboxylic acids is 1. The number of rotatable bonds is 5. The minimum absolute atomic E-state index is 0.00258. The molecule has 0 aromatic heterocycles. The van der Waals surface area contributed by atoms with E-state index in [9.17, 15) is 26.4 Å². The van der Waals surface area contributed by atoms with Gasteiger partial charge in [-0.3, -0.25) is 4.79 Å². The fraction of sp³-hybridized carbons (Fsp3) is 0.458. The number of carbonyl (C=O) groups is 1. The monoisotopic (exact) mass is 496 g/mol. The summed E-state index contributed by atoms with van der Waals surface area (Å²) in [6, 6.07) is 11.8. The molecule has 0 saturated carbocycles. The lowest BCUT2D eigenvalue weighted by molar-refractivity contribution is -0.140. The number of likely N-dealkylation sites (tertiary alicyclic amines) is 1. The van der Waals surface area contributed by atoms with Gasteiger partial charge in [-0.25, -0.2) is 8.42 Å². The topological polar surface area (TPSA) is 66.9 Å². The molecule has 0 unspecified atom stereocenters. The average molecular weight is 497 g/mol. The predicted molar refractivity (Wildman–Crippen MR) is 120 cm³/mol. The van der Waals surface area contributed by atoms with Crippen LogP contribution < -0.4 is 4.74 Å². The molecule has 0 radical (unpaired) electrons. The number of methoxy groups -OCH3 is 1. The summed E-state index contributed by atoms with van der Waals surface area (Å²) in [5.41, 5.74) is -0.180. The highest BCUT2D eigenvalue weighted by Gasteiger charge is 2.41. The van der Waals surface area contributed by atoms with Crippen LogP contribution in [0.5, 0.6) is 5.75 Å². The van der Waals surface area contributed by atoms with Gasteiger partial charge in [-0.15, -0.1) is 0 Å². The first-order chi connectivity index (χ1) is 16.1. The Labute approximate surface area is 197 Å². The molecule has 0 aliphatic carbocycles. The zero-order valence-electron chi connectivity index (χ0n) is 18.8. The third kappa shape index (κ3) is 4.79. The van der Waals surface area contributed by atoms with Crippen molar-refractivity contribution < 1.29 is 31.1 Å². The summed E-state index contributed by atoms with van der Waals surface area (Å²) >= 11 is 0. The Hall–Kier alpha value is -2.59. The number of sulfonamides is 1. The van der Waals surface area contributed by atoms with Crippen LogP contribution >= 0.6 is 0 Å². The van der Waals surface area contributed by atoms with Crippen LogP contribution in [0.25, 0.3) is 0 Å². The van der Waals surface area contributed by atoms with Crippen molar-refractivity contribution in [2.45, 2.75) is 42.8 Å². The molecule has 2 aliphatic heterocycles. The summed E-state index contributed by atoms with van der Waals surface area (Å²) in [4.78, 5) is 14.4. The lowest BCUT2D eigenvalue weighted by Crippen LogP contribution is -2.44. The highest BCUT2D eigenvalue weighted by Crippen LogP contribution is 2.38. The molecule has 34 heavy (non-hydrogen) atoms. The van der Waals surface area contributed by atoms with Crippen molar-refractivity contribution in [3.05, 3.63) is 59.7 Å². The maximum Gasteiger partial charge on any atom is 0.417 e. The van der Waals surface area contributed by atoms with E-state index in [1.165, 1.54) is 12.1 Å². The average Bonchev–Trinajstić information content (AvgIpc) is 3.33. The second-order valence-electron chi connectivity index (χ2n) is 8.64. The third-order valence-electron chi connectivity index (χ3n) is 6.63. The molecular formula is C24H27F3N2O4S. The highest BCUT2D eigenvalue weighted by molar-refractivity contribution is 7.89. The van der Waals surface area contributed by atoms with Gasteiger partial charge in [0.15, 0.2) is 0 Å². The van der Waals surface area contributed by atoms with Crippen molar-refractivity contribution in [3.63, 3.8) is 0 Å². The van der Waals surface area contributed by atoms with Gasteiger partial charge in [-0.2, -0.15) is 17.5 Å². The van der Waals surface area contributed by atoms with E-state index in [-0.39, 0.29) is 43.8 Å². The molecule has 1 atom stereocenters. The number of alkyl halides is 3. The largest absolute Gasteiger partial charge is 0.497 e. The number of piperidine rings is 1. The van der Waals surface area contributed by atoms with Crippen LogP contribution in [0.3, 0.4) is 0 Å². The first kappa shape index (κ1) is 24.5. The van der Waals surface area contributed by atoms with E-state index < -0.39 is 26.7 Å². The van der Waals surface area contributed by atoms with Gasteiger partial charge in [-0.05, 0) is 55.5 Å². The number of nitrogens with zero attached hydrogens (tertiary/aromatic N) is 2. The molecule has 2 aliphatic rings. The van der Waals surface area contributed by atoms with Crippen molar-refractivity contribution in [2.75, 3.05) is 26.7 Å². The summed E-state index contributed by atoms with van der Waals surface area (Å²) in [5, 5.41) is 0. The van der Waals surface area contributed by atoms with E-state index in [4.69, 9.17) is 4.74 Å². The molecule has 1 amide bonds. The molecule has 6 nitrogen and oxygen atoms in total. The van der Waals surface area contributed by atoms with Gasteiger partial charge in [0, 0.05) is 25.6 Å². The number of halogens is 3. The van der Waals surface area contributed by atoms with Gasteiger partial charge in [0.25, 0.3) is 0 Å². The van der Waals surface area contributed by atoms with Gasteiger partial charge in [0.05, 0.1) is 23.6 Å². The quantitative estimate of drug-likeness (QED) is 0.612. The molecule has 2 saturated heterocycles. The van der Waals surface area contributed by atoms with Crippen molar-refractivity contribution in [2.24, 2.45) is 5.92 Å². The SMILES string of the molecule is COc1cccc([C@@H]2CCCN2C(=O)C2CCN(S(=O)(=O)c3ccccc3C(F)(F)F)CC2)c1. The van der Waals surface area contributed by atoms with Gasteiger partial charge in [-0.1, -0.05) is 24.3 Å². The van der Waals surface area contributed by atoms with E-state index in [0.29, 0.717) is 6.54 Å². The molecule has 0 bridgehead atoms. The lowest BCUT2D eigenvalue weighted by atomic mass is 9.95.